The van der Waals surface area contributed by atoms with Crippen molar-refractivity contribution >= 4 is 43.6 Å². The molecular weight excluding hydrogens is 636 g/mol. The van der Waals surface area contributed by atoms with Crippen LogP contribution in [0.3, 0.4) is 0 Å². The molecule has 240 valence electrons. The van der Waals surface area contributed by atoms with E-state index in [9.17, 15) is 18.4 Å². The van der Waals surface area contributed by atoms with Crippen LogP contribution in [0.4, 0.5) is 26.3 Å². The maximum absolute atomic E-state index is 15.8. The van der Waals surface area contributed by atoms with E-state index >= 15 is 13.2 Å². The third kappa shape index (κ3) is 4.82. The zero-order valence-corrected chi connectivity index (χ0v) is 25.7. The summed E-state index contributed by atoms with van der Waals surface area (Å²) in [4.78, 5) is 0. The van der Waals surface area contributed by atoms with Gasteiger partial charge in [0.05, 0.1) is 50.6 Å². The highest BCUT2D eigenvalue weighted by Crippen LogP contribution is 2.46. The standard InChI is InChI=1S/C40H23F6N3/c1-23-13-15-30-28-9-2-4-11-32(28)48(34(30)17-23)36-19-26(25-8-6-7-24(18-25)22-47)20-37(38(36)40(44,45)46)49-33-12-5-3-10-29(33)31-16-14-27(21-35(31)49)39(41,42)43/h2-21H,1H3. The minimum Gasteiger partial charge on any atom is -0.309 e. The van der Waals surface area contributed by atoms with E-state index in [1.165, 1.54) is 22.8 Å². The molecule has 0 atom stereocenters. The van der Waals surface area contributed by atoms with E-state index < -0.39 is 23.5 Å². The van der Waals surface area contributed by atoms with E-state index in [1.54, 1.807) is 65.2 Å². The molecule has 3 nitrogen and oxygen atoms in total. The summed E-state index contributed by atoms with van der Waals surface area (Å²) in [6.07, 6.45) is -9.69. The number of aryl methyl sites for hydroxylation is 1. The number of hydrogen-bond acceptors (Lipinski definition) is 1. The summed E-state index contributed by atoms with van der Waals surface area (Å²) in [5, 5.41) is 12.0. The number of alkyl halides is 6. The highest BCUT2D eigenvalue weighted by atomic mass is 19.4. The molecule has 8 rings (SSSR count). The Morgan fingerprint density at radius 1 is 0.510 bits per heavy atom. The van der Waals surface area contributed by atoms with Crippen molar-refractivity contribution < 1.29 is 26.3 Å². The molecule has 0 fully saturated rings. The van der Waals surface area contributed by atoms with Crippen LogP contribution in [0.1, 0.15) is 22.3 Å². The maximum atomic E-state index is 15.8. The van der Waals surface area contributed by atoms with Crippen LogP contribution in [-0.2, 0) is 12.4 Å². The van der Waals surface area contributed by atoms with E-state index in [4.69, 9.17) is 0 Å². The van der Waals surface area contributed by atoms with Gasteiger partial charge in [0.1, 0.15) is 5.56 Å². The fourth-order valence-electron chi connectivity index (χ4n) is 6.94. The van der Waals surface area contributed by atoms with Crippen LogP contribution >= 0.6 is 0 Å². The molecule has 9 heteroatoms. The van der Waals surface area contributed by atoms with Crippen molar-refractivity contribution in [1.29, 1.82) is 5.26 Å². The first-order chi connectivity index (χ1) is 23.4. The zero-order chi connectivity index (χ0) is 34.2. The maximum Gasteiger partial charge on any atom is 0.420 e. The summed E-state index contributed by atoms with van der Waals surface area (Å²) in [5.41, 5.74) is 0.809. The second-order valence-corrected chi connectivity index (χ2v) is 12.0. The van der Waals surface area contributed by atoms with Gasteiger partial charge in [-0.3, -0.25) is 0 Å². The summed E-state index contributed by atoms with van der Waals surface area (Å²) in [6.45, 7) is 1.86. The third-order valence-electron chi connectivity index (χ3n) is 9.02. The largest absolute Gasteiger partial charge is 0.420 e. The number of fused-ring (bicyclic) bond motifs is 6. The van der Waals surface area contributed by atoms with Crippen LogP contribution in [0.25, 0.3) is 66.1 Å². The number of nitriles is 1. The van der Waals surface area contributed by atoms with Gasteiger partial charge in [0, 0.05) is 21.5 Å². The van der Waals surface area contributed by atoms with Gasteiger partial charge < -0.3 is 9.13 Å². The Morgan fingerprint density at radius 3 is 1.63 bits per heavy atom. The van der Waals surface area contributed by atoms with Gasteiger partial charge in [-0.2, -0.15) is 31.6 Å². The van der Waals surface area contributed by atoms with Crippen LogP contribution in [0.2, 0.25) is 0 Å². The molecular formula is C40H23F6N3. The number of benzene rings is 6. The average Bonchev–Trinajstić information content (AvgIpc) is 3.58. The Hall–Kier alpha value is -6.01. The summed E-state index contributed by atoms with van der Waals surface area (Å²) in [7, 11) is 0. The minimum atomic E-state index is -4.96. The van der Waals surface area contributed by atoms with Crippen molar-refractivity contribution in [2.75, 3.05) is 0 Å². The molecule has 6 aromatic carbocycles. The number of halogens is 6. The molecule has 0 N–H and O–H groups in total. The highest BCUT2D eigenvalue weighted by molar-refractivity contribution is 6.11. The van der Waals surface area contributed by atoms with Crippen LogP contribution in [0, 0.1) is 18.3 Å². The SMILES string of the molecule is Cc1ccc2c3ccccc3n(-c3cc(-c4cccc(C#N)c4)cc(-n4c5ccccc5c5ccc(C(F)(F)F)cc54)c3C(F)(F)F)c2c1. The quantitative estimate of drug-likeness (QED) is 0.174. The summed E-state index contributed by atoms with van der Waals surface area (Å²) in [6, 6.07) is 34.0. The molecule has 0 aliphatic rings. The zero-order valence-electron chi connectivity index (χ0n) is 25.7. The lowest BCUT2D eigenvalue weighted by atomic mass is 9.98. The Bertz CT molecular complexity index is 2670. The topological polar surface area (TPSA) is 33.6 Å². The predicted molar refractivity (Wildman–Crippen MR) is 180 cm³/mol. The Balaban J connectivity index is 1.61. The van der Waals surface area contributed by atoms with E-state index in [-0.39, 0.29) is 16.9 Å². The molecule has 0 unspecified atom stereocenters. The fourth-order valence-corrected chi connectivity index (χ4v) is 6.94. The third-order valence-corrected chi connectivity index (χ3v) is 9.02. The first-order valence-corrected chi connectivity index (χ1v) is 15.3. The van der Waals surface area contributed by atoms with E-state index in [2.05, 4.69) is 6.07 Å². The second kappa shape index (κ2) is 10.8. The molecule has 0 spiro atoms. The lowest BCUT2D eigenvalue weighted by Gasteiger charge is -2.23. The van der Waals surface area contributed by atoms with Gasteiger partial charge >= 0.3 is 12.4 Å². The summed E-state index contributed by atoms with van der Waals surface area (Å²) >= 11 is 0. The molecule has 0 amide bonds. The van der Waals surface area contributed by atoms with Crippen LogP contribution in [0.15, 0.2) is 121 Å². The smallest absolute Gasteiger partial charge is 0.309 e. The lowest BCUT2D eigenvalue weighted by Crippen LogP contribution is -2.16. The molecule has 0 saturated heterocycles. The van der Waals surface area contributed by atoms with E-state index in [1.807, 2.05) is 37.3 Å². The van der Waals surface area contributed by atoms with Gasteiger partial charge in [0.2, 0.25) is 0 Å². The number of rotatable bonds is 3. The van der Waals surface area contributed by atoms with E-state index in [0.29, 0.717) is 44.0 Å². The molecule has 2 heterocycles. The summed E-state index contributed by atoms with van der Waals surface area (Å²) in [5.74, 6) is 0. The minimum absolute atomic E-state index is 0.0199. The Morgan fingerprint density at radius 2 is 1.06 bits per heavy atom. The number of aromatic nitrogens is 2. The monoisotopic (exact) mass is 659 g/mol. The van der Waals surface area contributed by atoms with Gasteiger partial charge in [0.25, 0.3) is 0 Å². The van der Waals surface area contributed by atoms with Crippen molar-refractivity contribution in [3.63, 3.8) is 0 Å². The Labute approximate surface area is 275 Å². The fraction of sp³-hybridized carbons (Fsp3) is 0.0750. The highest BCUT2D eigenvalue weighted by Gasteiger charge is 2.40. The average molecular weight is 660 g/mol. The van der Waals surface area contributed by atoms with Gasteiger partial charge in [-0.25, -0.2) is 0 Å². The second-order valence-electron chi connectivity index (χ2n) is 12.0. The molecule has 0 aliphatic heterocycles. The van der Waals surface area contributed by atoms with Crippen LogP contribution in [-0.4, -0.2) is 9.13 Å². The lowest BCUT2D eigenvalue weighted by molar-refractivity contribution is -0.138. The first kappa shape index (κ1) is 30.3. The van der Waals surface area contributed by atoms with Crippen molar-refractivity contribution in [2.24, 2.45) is 0 Å². The number of hydrogen-bond donors (Lipinski definition) is 0. The molecule has 8 aromatic rings. The predicted octanol–water partition coefficient (Wildman–Crippen LogP) is 11.8. The number of nitrogens with zero attached hydrogens (tertiary/aromatic N) is 3. The molecule has 0 radical (unpaired) electrons. The van der Waals surface area contributed by atoms with Gasteiger partial charge in [0.15, 0.2) is 0 Å². The van der Waals surface area contributed by atoms with Crippen LogP contribution < -0.4 is 0 Å². The van der Waals surface area contributed by atoms with Gasteiger partial charge in [-0.05, 0) is 78.2 Å². The van der Waals surface area contributed by atoms with E-state index in [0.717, 1.165) is 28.5 Å². The van der Waals surface area contributed by atoms with Crippen molar-refractivity contribution in [3.8, 4) is 28.6 Å². The molecule has 0 bridgehead atoms. The molecule has 0 aliphatic carbocycles. The van der Waals surface area contributed by atoms with Crippen LogP contribution in [0.5, 0.6) is 0 Å². The Kier molecular flexibility index (Phi) is 6.66. The van der Waals surface area contributed by atoms with Crippen molar-refractivity contribution in [3.05, 3.63) is 144 Å². The van der Waals surface area contributed by atoms with Gasteiger partial charge in [-0.1, -0.05) is 66.7 Å². The van der Waals surface area contributed by atoms with Crippen molar-refractivity contribution in [2.45, 2.75) is 19.3 Å². The normalized spacial score (nSPS) is 12.4. The number of para-hydroxylation sites is 2. The molecule has 49 heavy (non-hydrogen) atoms. The first-order valence-electron chi connectivity index (χ1n) is 15.3. The van der Waals surface area contributed by atoms with Gasteiger partial charge in [-0.15, -0.1) is 0 Å². The molecule has 2 aromatic heterocycles. The molecule has 0 saturated carbocycles. The van der Waals surface area contributed by atoms with Crippen molar-refractivity contribution in [1.82, 2.24) is 9.13 Å². The summed E-state index contributed by atoms with van der Waals surface area (Å²) < 4.78 is 92.7.